The van der Waals surface area contributed by atoms with E-state index in [9.17, 15) is 19.5 Å². The molecule has 7 heteroatoms. The van der Waals surface area contributed by atoms with Gasteiger partial charge in [0.1, 0.15) is 5.00 Å². The van der Waals surface area contributed by atoms with E-state index in [0.29, 0.717) is 10.6 Å². The van der Waals surface area contributed by atoms with Crippen LogP contribution in [-0.4, -0.2) is 29.6 Å². The lowest BCUT2D eigenvalue weighted by atomic mass is 9.79. The van der Waals surface area contributed by atoms with Gasteiger partial charge in [-0.3, -0.25) is 9.59 Å². The van der Waals surface area contributed by atoms with E-state index in [1.165, 1.54) is 11.3 Å². The van der Waals surface area contributed by atoms with Crippen LogP contribution in [0.5, 0.6) is 0 Å². The summed E-state index contributed by atoms with van der Waals surface area (Å²) in [7, 11) is 0. The third-order valence-corrected chi connectivity index (χ3v) is 6.56. The third kappa shape index (κ3) is 3.29. The van der Waals surface area contributed by atoms with Gasteiger partial charge in [-0.2, -0.15) is 0 Å². The molecule has 2 aliphatic carbocycles. The number of ether oxygens (including phenoxy) is 1. The minimum Gasteiger partial charge on any atom is -0.481 e. The summed E-state index contributed by atoms with van der Waals surface area (Å²) in [5, 5.41) is 12.8. The normalized spacial score (nSPS) is 27.3. The van der Waals surface area contributed by atoms with Gasteiger partial charge < -0.3 is 15.2 Å². The SMILES string of the molecule is CCOC(=O)c1cc(CC)sc1NC(=O)[C@@H]1[C@@H]2CC[C@@H](C2)[C@@H]1C(=O)O. The average Bonchev–Trinajstić information content (AvgIpc) is 3.28. The highest BCUT2D eigenvalue weighted by Crippen LogP contribution is 2.52. The van der Waals surface area contributed by atoms with Crippen molar-refractivity contribution in [2.24, 2.45) is 23.7 Å². The van der Waals surface area contributed by atoms with Gasteiger partial charge in [-0.05, 0) is 50.5 Å². The number of esters is 1. The Morgan fingerprint density at radius 2 is 1.92 bits per heavy atom. The molecule has 2 bridgehead atoms. The fourth-order valence-corrected chi connectivity index (χ4v) is 5.28. The number of aryl methyl sites for hydroxylation is 1. The highest BCUT2D eigenvalue weighted by molar-refractivity contribution is 7.16. The van der Waals surface area contributed by atoms with Gasteiger partial charge in [0.2, 0.25) is 5.91 Å². The zero-order chi connectivity index (χ0) is 18.1. The van der Waals surface area contributed by atoms with Crippen LogP contribution >= 0.6 is 11.3 Å². The molecule has 6 nitrogen and oxygen atoms in total. The number of carboxylic acid groups (broad SMARTS) is 1. The second-order valence-corrected chi connectivity index (χ2v) is 7.88. The minimum absolute atomic E-state index is 0.0947. The summed E-state index contributed by atoms with van der Waals surface area (Å²) < 4.78 is 5.06. The zero-order valence-corrected chi connectivity index (χ0v) is 15.2. The average molecular weight is 365 g/mol. The first-order valence-corrected chi connectivity index (χ1v) is 9.61. The lowest BCUT2D eigenvalue weighted by molar-refractivity contribution is -0.148. The van der Waals surface area contributed by atoms with Crippen LogP contribution in [0.2, 0.25) is 0 Å². The van der Waals surface area contributed by atoms with E-state index < -0.39 is 23.8 Å². The van der Waals surface area contributed by atoms with Gasteiger partial charge in [-0.1, -0.05) is 6.92 Å². The predicted octanol–water partition coefficient (Wildman–Crippen LogP) is 3.17. The second-order valence-electron chi connectivity index (χ2n) is 6.74. The molecule has 1 heterocycles. The molecule has 2 saturated carbocycles. The number of amides is 1. The smallest absolute Gasteiger partial charge is 0.341 e. The molecule has 2 fully saturated rings. The Hall–Kier alpha value is -1.89. The van der Waals surface area contributed by atoms with E-state index >= 15 is 0 Å². The van der Waals surface area contributed by atoms with Crippen LogP contribution in [0.25, 0.3) is 0 Å². The number of hydrogen-bond acceptors (Lipinski definition) is 5. The van der Waals surface area contributed by atoms with Crippen molar-refractivity contribution in [3.05, 3.63) is 16.5 Å². The minimum atomic E-state index is -0.890. The molecule has 2 N–H and O–H groups in total. The number of thiophene rings is 1. The lowest BCUT2D eigenvalue weighted by Gasteiger charge is -2.26. The molecule has 0 aliphatic heterocycles. The van der Waals surface area contributed by atoms with Gasteiger partial charge in [0.05, 0.1) is 24.0 Å². The van der Waals surface area contributed by atoms with Crippen molar-refractivity contribution in [3.63, 3.8) is 0 Å². The van der Waals surface area contributed by atoms with Crippen molar-refractivity contribution in [1.82, 2.24) is 0 Å². The first-order valence-electron chi connectivity index (χ1n) is 8.79. The van der Waals surface area contributed by atoms with Gasteiger partial charge >= 0.3 is 11.9 Å². The number of fused-ring (bicyclic) bond motifs is 2. The summed E-state index contributed by atoms with van der Waals surface area (Å²) >= 11 is 1.35. The van der Waals surface area contributed by atoms with Crippen molar-refractivity contribution in [2.45, 2.75) is 39.5 Å². The van der Waals surface area contributed by atoms with Crippen molar-refractivity contribution in [1.29, 1.82) is 0 Å². The fourth-order valence-electron chi connectivity index (χ4n) is 4.29. The summed E-state index contributed by atoms with van der Waals surface area (Å²) in [5.74, 6) is -2.54. The Labute approximate surface area is 150 Å². The molecule has 0 saturated heterocycles. The first kappa shape index (κ1) is 17.9. The molecule has 1 amide bonds. The number of hydrogen-bond donors (Lipinski definition) is 2. The van der Waals surface area contributed by atoms with E-state index in [1.807, 2.05) is 6.92 Å². The molecule has 0 spiro atoms. The maximum atomic E-state index is 12.8. The van der Waals surface area contributed by atoms with Crippen LogP contribution in [0.15, 0.2) is 6.07 Å². The Kier molecular flexibility index (Phi) is 5.13. The highest BCUT2D eigenvalue weighted by Gasteiger charge is 2.54. The maximum absolute atomic E-state index is 12.8. The highest BCUT2D eigenvalue weighted by atomic mass is 32.1. The van der Waals surface area contributed by atoms with Crippen LogP contribution in [0.1, 0.15) is 48.3 Å². The van der Waals surface area contributed by atoms with Crippen molar-refractivity contribution < 1.29 is 24.2 Å². The molecule has 2 aliphatic rings. The number of aliphatic carboxylic acids is 1. The van der Waals surface area contributed by atoms with E-state index in [0.717, 1.165) is 30.6 Å². The molecule has 0 radical (unpaired) electrons. The molecule has 1 aromatic rings. The maximum Gasteiger partial charge on any atom is 0.341 e. The summed E-state index contributed by atoms with van der Waals surface area (Å²) in [6, 6.07) is 1.74. The number of rotatable bonds is 6. The molecule has 3 rings (SSSR count). The van der Waals surface area contributed by atoms with E-state index in [2.05, 4.69) is 5.32 Å². The molecule has 1 aromatic heterocycles. The summed E-state index contributed by atoms with van der Waals surface area (Å²) in [5.41, 5.74) is 0.354. The van der Waals surface area contributed by atoms with Gasteiger partial charge in [-0.15, -0.1) is 11.3 Å². The monoisotopic (exact) mass is 365 g/mol. The quantitative estimate of drug-likeness (QED) is 0.755. The van der Waals surface area contributed by atoms with Gasteiger partial charge in [0.25, 0.3) is 0 Å². The first-order chi connectivity index (χ1) is 12.0. The number of anilines is 1. The topological polar surface area (TPSA) is 92.7 Å². The zero-order valence-electron chi connectivity index (χ0n) is 14.4. The molecule has 136 valence electrons. The molecule has 0 aromatic carbocycles. The second kappa shape index (κ2) is 7.15. The van der Waals surface area contributed by atoms with E-state index in [1.54, 1.807) is 13.0 Å². The number of carbonyl (C=O) groups excluding carboxylic acids is 2. The Morgan fingerprint density at radius 3 is 2.52 bits per heavy atom. The lowest BCUT2D eigenvalue weighted by Crippen LogP contribution is -2.37. The molecule has 0 unspecified atom stereocenters. The van der Waals surface area contributed by atoms with Gasteiger partial charge in [0.15, 0.2) is 0 Å². The summed E-state index contributed by atoms with van der Waals surface area (Å²) in [6.07, 6.45) is 3.35. The van der Waals surface area contributed by atoms with Crippen LogP contribution < -0.4 is 5.32 Å². The van der Waals surface area contributed by atoms with Gasteiger partial charge in [-0.25, -0.2) is 4.79 Å². The number of nitrogens with one attached hydrogen (secondary N) is 1. The van der Waals surface area contributed by atoms with Crippen molar-refractivity contribution >= 4 is 34.2 Å². The number of carboxylic acids is 1. The molecule has 4 atom stereocenters. The number of carbonyl (C=O) groups is 3. The standard InChI is InChI=1S/C18H23NO5S/c1-3-11-8-12(18(23)24-4-2)16(25-11)19-15(20)13-9-5-6-10(7-9)14(13)17(21)22/h8-10,13-14H,3-7H2,1-2H3,(H,19,20)(H,21,22)/t9-,10+,13-,14+/m1/s1. The fraction of sp³-hybridized carbons (Fsp3) is 0.611. The Balaban J connectivity index is 1.82. The Morgan fingerprint density at radius 1 is 1.24 bits per heavy atom. The molecular weight excluding hydrogens is 342 g/mol. The molecule has 25 heavy (non-hydrogen) atoms. The van der Waals surface area contributed by atoms with Crippen LogP contribution in [0.3, 0.4) is 0 Å². The molecular formula is C18H23NO5S. The summed E-state index contributed by atoms with van der Waals surface area (Å²) in [4.78, 5) is 37.6. The van der Waals surface area contributed by atoms with Crippen LogP contribution in [-0.2, 0) is 20.7 Å². The predicted molar refractivity (Wildman–Crippen MR) is 93.7 cm³/mol. The summed E-state index contributed by atoms with van der Waals surface area (Å²) in [6.45, 7) is 3.97. The third-order valence-electron chi connectivity index (χ3n) is 5.37. The van der Waals surface area contributed by atoms with Gasteiger partial charge in [0, 0.05) is 4.88 Å². The van der Waals surface area contributed by atoms with Crippen molar-refractivity contribution in [3.8, 4) is 0 Å². The van der Waals surface area contributed by atoms with Crippen LogP contribution in [0.4, 0.5) is 5.00 Å². The van der Waals surface area contributed by atoms with Crippen molar-refractivity contribution in [2.75, 3.05) is 11.9 Å². The van der Waals surface area contributed by atoms with Crippen LogP contribution in [0, 0.1) is 23.7 Å². The van der Waals surface area contributed by atoms with E-state index in [4.69, 9.17) is 4.74 Å². The van der Waals surface area contributed by atoms with E-state index in [-0.39, 0.29) is 24.3 Å². The Bertz CT molecular complexity index is 698. The largest absolute Gasteiger partial charge is 0.481 e.